The number of hydrogen-bond donors (Lipinski definition) is 1. The number of aryl methyl sites for hydroxylation is 2. The van der Waals surface area contributed by atoms with Gasteiger partial charge in [0, 0.05) is 25.1 Å². The van der Waals surface area contributed by atoms with Crippen LogP contribution < -0.4 is 9.62 Å². The SMILES string of the molecule is Cc1ccc(N(CCCC(=O)Nc2cc([N+](=O)[O-])ccc2C)S(C)(=O)=O)cc1. The molecule has 2 rings (SSSR count). The Morgan fingerprint density at radius 3 is 2.36 bits per heavy atom. The third-order valence-electron chi connectivity index (χ3n) is 4.19. The van der Waals surface area contributed by atoms with Crippen molar-refractivity contribution in [2.45, 2.75) is 26.7 Å². The smallest absolute Gasteiger partial charge is 0.271 e. The Bertz CT molecular complexity index is 972. The Morgan fingerprint density at radius 2 is 1.79 bits per heavy atom. The van der Waals surface area contributed by atoms with Gasteiger partial charge < -0.3 is 5.32 Å². The van der Waals surface area contributed by atoms with E-state index in [9.17, 15) is 23.3 Å². The van der Waals surface area contributed by atoms with Crippen LogP contribution in [0.2, 0.25) is 0 Å². The third kappa shape index (κ3) is 5.78. The molecule has 0 aromatic heterocycles. The van der Waals surface area contributed by atoms with E-state index in [4.69, 9.17) is 0 Å². The molecule has 0 aliphatic rings. The number of hydrogen-bond acceptors (Lipinski definition) is 5. The Morgan fingerprint density at radius 1 is 1.14 bits per heavy atom. The zero-order chi connectivity index (χ0) is 20.9. The molecule has 0 saturated heterocycles. The summed E-state index contributed by atoms with van der Waals surface area (Å²) in [6.07, 6.45) is 1.51. The lowest BCUT2D eigenvalue weighted by Gasteiger charge is -2.22. The number of nitrogens with one attached hydrogen (secondary N) is 1. The molecule has 0 heterocycles. The number of carbonyl (C=O) groups is 1. The molecule has 0 spiro atoms. The molecule has 8 nitrogen and oxygen atoms in total. The van der Waals surface area contributed by atoms with Crippen LogP contribution in [-0.4, -0.2) is 32.0 Å². The van der Waals surface area contributed by atoms with Crippen LogP contribution in [0.15, 0.2) is 42.5 Å². The topological polar surface area (TPSA) is 110 Å². The van der Waals surface area contributed by atoms with E-state index in [-0.39, 0.29) is 24.6 Å². The van der Waals surface area contributed by atoms with Crippen molar-refractivity contribution in [1.82, 2.24) is 0 Å². The maximum Gasteiger partial charge on any atom is 0.271 e. The summed E-state index contributed by atoms with van der Waals surface area (Å²) >= 11 is 0. The van der Waals surface area contributed by atoms with Crippen molar-refractivity contribution in [3.05, 3.63) is 63.7 Å². The fraction of sp³-hybridized carbons (Fsp3) is 0.316. The van der Waals surface area contributed by atoms with Crippen LogP contribution in [0, 0.1) is 24.0 Å². The molecule has 0 unspecified atom stereocenters. The summed E-state index contributed by atoms with van der Waals surface area (Å²) in [5.41, 5.74) is 2.53. The van der Waals surface area contributed by atoms with Crippen LogP contribution in [-0.2, 0) is 14.8 Å². The predicted octanol–water partition coefficient (Wildman–Crippen LogP) is 3.40. The number of sulfonamides is 1. The number of non-ortho nitro benzene ring substituents is 1. The molecule has 0 radical (unpaired) electrons. The monoisotopic (exact) mass is 405 g/mol. The highest BCUT2D eigenvalue weighted by Crippen LogP contribution is 2.22. The number of anilines is 2. The normalized spacial score (nSPS) is 11.1. The van der Waals surface area contributed by atoms with Crippen molar-refractivity contribution in [2.75, 3.05) is 22.4 Å². The van der Waals surface area contributed by atoms with E-state index in [1.165, 1.54) is 16.4 Å². The van der Waals surface area contributed by atoms with Crippen LogP contribution in [0.3, 0.4) is 0 Å². The number of rotatable bonds is 8. The minimum Gasteiger partial charge on any atom is -0.326 e. The maximum atomic E-state index is 12.2. The number of benzene rings is 2. The molecule has 0 fully saturated rings. The Balaban J connectivity index is 2.01. The second-order valence-corrected chi connectivity index (χ2v) is 8.49. The molecule has 1 amide bonds. The van der Waals surface area contributed by atoms with Gasteiger partial charge >= 0.3 is 0 Å². The number of nitro groups is 1. The van der Waals surface area contributed by atoms with Crippen molar-refractivity contribution < 1.29 is 18.1 Å². The summed E-state index contributed by atoms with van der Waals surface area (Å²) in [7, 11) is -3.48. The zero-order valence-electron chi connectivity index (χ0n) is 16.0. The van der Waals surface area contributed by atoms with E-state index in [1.54, 1.807) is 25.1 Å². The van der Waals surface area contributed by atoms with Crippen LogP contribution in [0.5, 0.6) is 0 Å². The quantitative estimate of drug-likeness (QED) is 0.535. The van der Waals surface area contributed by atoms with E-state index < -0.39 is 14.9 Å². The van der Waals surface area contributed by atoms with E-state index in [0.29, 0.717) is 23.4 Å². The molecule has 1 N–H and O–H groups in total. The van der Waals surface area contributed by atoms with Crippen LogP contribution in [0.1, 0.15) is 24.0 Å². The second-order valence-electron chi connectivity index (χ2n) is 6.58. The summed E-state index contributed by atoms with van der Waals surface area (Å²) in [4.78, 5) is 22.6. The van der Waals surface area contributed by atoms with Gasteiger partial charge in [-0.25, -0.2) is 8.42 Å². The van der Waals surface area contributed by atoms with E-state index in [1.807, 2.05) is 19.1 Å². The van der Waals surface area contributed by atoms with Crippen molar-refractivity contribution >= 4 is 33.0 Å². The molecule has 0 bridgehead atoms. The fourth-order valence-electron chi connectivity index (χ4n) is 2.65. The third-order valence-corrected chi connectivity index (χ3v) is 5.39. The van der Waals surface area contributed by atoms with E-state index >= 15 is 0 Å². The lowest BCUT2D eigenvalue weighted by Crippen LogP contribution is -2.31. The molecule has 9 heteroatoms. The van der Waals surface area contributed by atoms with Gasteiger partial charge in [-0.15, -0.1) is 0 Å². The maximum absolute atomic E-state index is 12.2. The Kier molecular flexibility index (Phi) is 6.74. The number of carbonyl (C=O) groups excluding carboxylic acids is 1. The van der Waals surface area contributed by atoms with Gasteiger partial charge in [0.1, 0.15) is 0 Å². The van der Waals surface area contributed by atoms with Crippen molar-refractivity contribution in [2.24, 2.45) is 0 Å². The average Bonchev–Trinajstić information content (AvgIpc) is 2.60. The van der Waals surface area contributed by atoms with Crippen molar-refractivity contribution in [3.63, 3.8) is 0 Å². The summed E-state index contributed by atoms with van der Waals surface area (Å²) < 4.78 is 25.4. The lowest BCUT2D eigenvalue weighted by atomic mass is 10.1. The lowest BCUT2D eigenvalue weighted by molar-refractivity contribution is -0.384. The van der Waals surface area contributed by atoms with Gasteiger partial charge in [-0.2, -0.15) is 0 Å². The number of nitro benzene ring substituents is 1. The molecule has 2 aromatic carbocycles. The average molecular weight is 405 g/mol. The molecule has 2 aromatic rings. The molecule has 150 valence electrons. The first-order valence-electron chi connectivity index (χ1n) is 8.67. The van der Waals surface area contributed by atoms with Gasteiger partial charge in [0.15, 0.2) is 0 Å². The van der Waals surface area contributed by atoms with Gasteiger partial charge in [-0.05, 0) is 38.0 Å². The Hall–Kier alpha value is -2.94. The van der Waals surface area contributed by atoms with Gasteiger partial charge in [-0.3, -0.25) is 19.2 Å². The molecule has 28 heavy (non-hydrogen) atoms. The van der Waals surface area contributed by atoms with Crippen LogP contribution >= 0.6 is 0 Å². The summed E-state index contributed by atoms with van der Waals surface area (Å²) in [6.45, 7) is 3.81. The summed E-state index contributed by atoms with van der Waals surface area (Å²) in [5, 5.41) is 13.5. The van der Waals surface area contributed by atoms with Crippen molar-refractivity contribution in [1.29, 1.82) is 0 Å². The van der Waals surface area contributed by atoms with Gasteiger partial charge in [-0.1, -0.05) is 23.8 Å². The summed E-state index contributed by atoms with van der Waals surface area (Å²) in [5.74, 6) is -0.332. The van der Waals surface area contributed by atoms with Gasteiger partial charge in [0.2, 0.25) is 15.9 Å². The number of amides is 1. The first-order valence-corrected chi connectivity index (χ1v) is 10.5. The second kappa shape index (κ2) is 8.83. The zero-order valence-corrected chi connectivity index (χ0v) is 16.8. The fourth-order valence-corrected chi connectivity index (χ4v) is 3.62. The standard InChI is InChI=1S/C19H23N3O5S/c1-14-6-9-16(10-7-14)21(28(3,26)27)12-4-5-19(23)20-18-13-17(22(24)25)11-8-15(18)2/h6-11,13H,4-5,12H2,1-3H3,(H,20,23). The molecular formula is C19H23N3O5S. The minimum absolute atomic E-state index is 0.0833. The largest absolute Gasteiger partial charge is 0.326 e. The van der Waals surface area contributed by atoms with E-state index in [0.717, 1.165) is 11.8 Å². The summed E-state index contributed by atoms with van der Waals surface area (Å²) in [6, 6.07) is 11.3. The first-order chi connectivity index (χ1) is 13.1. The molecule has 0 aliphatic carbocycles. The van der Waals surface area contributed by atoms with E-state index in [2.05, 4.69) is 5.32 Å². The minimum atomic E-state index is -3.48. The molecular weight excluding hydrogens is 382 g/mol. The van der Waals surface area contributed by atoms with Crippen LogP contribution in [0.25, 0.3) is 0 Å². The number of nitrogens with zero attached hydrogens (tertiary/aromatic N) is 2. The van der Waals surface area contributed by atoms with Crippen LogP contribution in [0.4, 0.5) is 17.1 Å². The van der Waals surface area contributed by atoms with Gasteiger partial charge in [0.05, 0.1) is 22.6 Å². The van der Waals surface area contributed by atoms with Crippen molar-refractivity contribution in [3.8, 4) is 0 Å². The first kappa shape index (κ1) is 21.4. The van der Waals surface area contributed by atoms with Gasteiger partial charge in [0.25, 0.3) is 5.69 Å². The highest BCUT2D eigenvalue weighted by atomic mass is 32.2. The highest BCUT2D eigenvalue weighted by Gasteiger charge is 2.18. The molecule has 0 saturated carbocycles. The predicted molar refractivity (Wildman–Crippen MR) is 109 cm³/mol. The highest BCUT2D eigenvalue weighted by molar-refractivity contribution is 7.92. The Labute approximate surface area is 164 Å². The molecule has 0 aliphatic heterocycles. The molecule has 0 atom stereocenters.